The van der Waals surface area contributed by atoms with Gasteiger partial charge in [0.25, 0.3) is 0 Å². The maximum Gasteiger partial charge on any atom is 0.187 e. The summed E-state index contributed by atoms with van der Waals surface area (Å²) < 4.78 is 5.52. The van der Waals surface area contributed by atoms with Crippen LogP contribution in [-0.2, 0) is 4.74 Å². The highest BCUT2D eigenvalue weighted by Crippen LogP contribution is 2.11. The van der Waals surface area contributed by atoms with E-state index in [0.29, 0.717) is 5.11 Å². The molecule has 0 saturated carbocycles. The first-order chi connectivity index (χ1) is 9.75. The van der Waals surface area contributed by atoms with Gasteiger partial charge in [0, 0.05) is 25.3 Å². The highest BCUT2D eigenvalue weighted by atomic mass is 32.1. The van der Waals surface area contributed by atoms with E-state index in [2.05, 4.69) is 34.9 Å². The molecule has 0 spiro atoms. The van der Waals surface area contributed by atoms with Crippen molar-refractivity contribution >= 4 is 23.5 Å². The summed E-state index contributed by atoms with van der Waals surface area (Å²) in [4.78, 5) is 0. The molecule has 2 N–H and O–H groups in total. The van der Waals surface area contributed by atoms with Gasteiger partial charge in [-0.15, -0.1) is 0 Å². The van der Waals surface area contributed by atoms with Crippen LogP contribution in [-0.4, -0.2) is 30.6 Å². The first kappa shape index (κ1) is 14.9. The summed E-state index contributed by atoms with van der Waals surface area (Å²) in [6.45, 7) is 3.71. The molecule has 0 aliphatic carbocycles. The molecule has 1 aliphatic heterocycles. The van der Waals surface area contributed by atoms with Gasteiger partial charge >= 0.3 is 0 Å². The van der Waals surface area contributed by atoms with Gasteiger partial charge < -0.3 is 10.1 Å². The summed E-state index contributed by atoms with van der Waals surface area (Å²) in [5.41, 5.74) is 4.07. The summed E-state index contributed by atoms with van der Waals surface area (Å²) in [5.74, 6) is 0.254. The Balaban J connectivity index is 1.68. The molecule has 0 amide bonds. The number of benzene rings is 1. The van der Waals surface area contributed by atoms with E-state index in [1.54, 1.807) is 0 Å². The molecule has 1 aromatic rings. The van der Waals surface area contributed by atoms with Crippen LogP contribution in [0.5, 0.6) is 0 Å². The van der Waals surface area contributed by atoms with Crippen LogP contribution < -0.4 is 10.7 Å². The lowest BCUT2D eigenvalue weighted by molar-refractivity contribution is 0.114. The van der Waals surface area contributed by atoms with Crippen LogP contribution in [0.25, 0.3) is 0 Å². The van der Waals surface area contributed by atoms with E-state index >= 15 is 0 Å². The second kappa shape index (κ2) is 7.97. The minimum Gasteiger partial charge on any atom is -0.376 e. The highest BCUT2D eigenvalue weighted by molar-refractivity contribution is 7.80. The number of nitrogens with one attached hydrogen (secondary N) is 2. The SMILES string of the molecule is C[C@@H](/C=N\NC(=S)NC[C@H]1CCCO1)c1ccccc1. The van der Waals surface area contributed by atoms with Gasteiger partial charge in [-0.05, 0) is 30.6 Å². The smallest absolute Gasteiger partial charge is 0.187 e. The van der Waals surface area contributed by atoms with E-state index in [-0.39, 0.29) is 12.0 Å². The molecule has 1 fully saturated rings. The Kier molecular flexibility index (Phi) is 5.95. The van der Waals surface area contributed by atoms with E-state index in [1.165, 1.54) is 5.56 Å². The number of rotatable bonds is 5. The zero-order valence-corrected chi connectivity index (χ0v) is 12.5. The van der Waals surface area contributed by atoms with E-state index < -0.39 is 0 Å². The van der Waals surface area contributed by atoms with Crippen molar-refractivity contribution in [1.82, 2.24) is 10.7 Å². The van der Waals surface area contributed by atoms with Gasteiger partial charge in [-0.1, -0.05) is 37.3 Å². The lowest BCUT2D eigenvalue weighted by Gasteiger charge is -2.12. The average Bonchev–Trinajstić information content (AvgIpc) is 2.99. The van der Waals surface area contributed by atoms with Crippen LogP contribution in [0.2, 0.25) is 0 Å². The molecular weight excluding hydrogens is 270 g/mol. The third kappa shape index (κ3) is 4.90. The monoisotopic (exact) mass is 291 g/mol. The van der Waals surface area contributed by atoms with Crippen molar-refractivity contribution in [2.45, 2.75) is 31.8 Å². The molecule has 4 nitrogen and oxygen atoms in total. The molecule has 108 valence electrons. The second-order valence-electron chi connectivity index (χ2n) is 4.93. The van der Waals surface area contributed by atoms with Crippen LogP contribution in [0.3, 0.4) is 0 Å². The molecule has 20 heavy (non-hydrogen) atoms. The largest absolute Gasteiger partial charge is 0.376 e. The van der Waals surface area contributed by atoms with E-state index in [0.717, 1.165) is 26.0 Å². The van der Waals surface area contributed by atoms with Crippen molar-refractivity contribution < 1.29 is 4.74 Å². The van der Waals surface area contributed by atoms with E-state index in [4.69, 9.17) is 17.0 Å². The number of hydrogen-bond donors (Lipinski definition) is 2. The Labute approximate surface area is 125 Å². The fourth-order valence-electron chi connectivity index (χ4n) is 2.10. The van der Waals surface area contributed by atoms with Gasteiger partial charge in [0.15, 0.2) is 5.11 Å². The van der Waals surface area contributed by atoms with Crippen LogP contribution in [0.1, 0.15) is 31.2 Å². The van der Waals surface area contributed by atoms with Gasteiger partial charge in [-0.2, -0.15) is 5.10 Å². The first-order valence-corrected chi connectivity index (χ1v) is 7.40. The van der Waals surface area contributed by atoms with Crippen molar-refractivity contribution in [1.29, 1.82) is 0 Å². The van der Waals surface area contributed by atoms with Gasteiger partial charge in [0.1, 0.15) is 0 Å². The molecule has 1 aromatic carbocycles. The Morgan fingerprint density at radius 3 is 3.00 bits per heavy atom. The fourth-order valence-corrected chi connectivity index (χ4v) is 2.24. The van der Waals surface area contributed by atoms with Crippen molar-refractivity contribution in [3.05, 3.63) is 35.9 Å². The third-order valence-electron chi connectivity index (χ3n) is 3.30. The number of hydrazone groups is 1. The van der Waals surface area contributed by atoms with Gasteiger partial charge in [-0.3, -0.25) is 5.43 Å². The summed E-state index contributed by atoms with van der Waals surface area (Å²) >= 11 is 5.17. The Hall–Kier alpha value is -1.46. The van der Waals surface area contributed by atoms with E-state index in [9.17, 15) is 0 Å². The average molecular weight is 291 g/mol. The molecule has 2 rings (SSSR count). The zero-order valence-electron chi connectivity index (χ0n) is 11.7. The number of nitrogens with zero attached hydrogens (tertiary/aromatic N) is 1. The number of thiocarbonyl (C=S) groups is 1. The molecule has 0 radical (unpaired) electrons. The van der Waals surface area contributed by atoms with Gasteiger partial charge in [0.05, 0.1) is 6.10 Å². The Morgan fingerprint density at radius 1 is 1.50 bits per heavy atom. The standard InChI is InChI=1S/C15H21N3OS/c1-12(13-6-3-2-4-7-13)10-17-18-15(20)16-11-14-8-5-9-19-14/h2-4,6-7,10,12,14H,5,8-9,11H2,1H3,(H2,16,18,20)/b17-10-/t12-,14+/m0/s1. The molecule has 2 atom stereocenters. The van der Waals surface area contributed by atoms with Crippen molar-refractivity contribution in [3.63, 3.8) is 0 Å². The first-order valence-electron chi connectivity index (χ1n) is 6.99. The molecule has 0 bridgehead atoms. The zero-order chi connectivity index (χ0) is 14.2. The van der Waals surface area contributed by atoms with Crippen LogP contribution in [0.4, 0.5) is 0 Å². The van der Waals surface area contributed by atoms with Gasteiger partial charge in [-0.25, -0.2) is 0 Å². The number of hydrogen-bond acceptors (Lipinski definition) is 3. The minimum absolute atomic E-state index is 0.254. The molecule has 1 heterocycles. The van der Waals surface area contributed by atoms with Crippen molar-refractivity contribution in [2.75, 3.05) is 13.2 Å². The quantitative estimate of drug-likeness (QED) is 0.497. The summed E-state index contributed by atoms with van der Waals surface area (Å²) in [6, 6.07) is 10.2. The van der Waals surface area contributed by atoms with Crippen LogP contribution in [0.15, 0.2) is 35.4 Å². The van der Waals surface area contributed by atoms with Gasteiger partial charge in [0.2, 0.25) is 0 Å². The lowest BCUT2D eigenvalue weighted by atomic mass is 10.0. The lowest BCUT2D eigenvalue weighted by Crippen LogP contribution is -2.37. The topological polar surface area (TPSA) is 45.7 Å². The maximum atomic E-state index is 5.52. The molecule has 0 aromatic heterocycles. The maximum absolute atomic E-state index is 5.52. The highest BCUT2D eigenvalue weighted by Gasteiger charge is 2.14. The van der Waals surface area contributed by atoms with Crippen LogP contribution in [0, 0.1) is 0 Å². The predicted molar refractivity (Wildman–Crippen MR) is 86.1 cm³/mol. The predicted octanol–water partition coefficient (Wildman–Crippen LogP) is 2.42. The molecule has 1 saturated heterocycles. The van der Waals surface area contributed by atoms with Crippen LogP contribution >= 0.6 is 12.2 Å². The molecular formula is C15H21N3OS. The third-order valence-corrected chi connectivity index (χ3v) is 3.54. The molecule has 5 heteroatoms. The molecule has 1 aliphatic rings. The summed E-state index contributed by atoms with van der Waals surface area (Å²) in [7, 11) is 0. The summed E-state index contributed by atoms with van der Waals surface area (Å²) in [6.07, 6.45) is 4.38. The minimum atomic E-state index is 0.254. The van der Waals surface area contributed by atoms with E-state index in [1.807, 2.05) is 24.4 Å². The Morgan fingerprint density at radius 2 is 2.30 bits per heavy atom. The fraction of sp³-hybridized carbons (Fsp3) is 0.467. The van der Waals surface area contributed by atoms with Crippen molar-refractivity contribution in [3.8, 4) is 0 Å². The second-order valence-corrected chi connectivity index (χ2v) is 5.34. The van der Waals surface area contributed by atoms with Crippen molar-refractivity contribution in [2.24, 2.45) is 5.10 Å². The Bertz CT molecular complexity index is 444. The molecule has 0 unspecified atom stereocenters. The number of ether oxygens (including phenoxy) is 1. The summed E-state index contributed by atoms with van der Waals surface area (Å²) in [5, 5.41) is 7.83. The normalized spacial score (nSPS) is 19.9.